The minimum Gasteiger partial charge on any atom is -0.378 e. The van der Waals surface area contributed by atoms with Gasteiger partial charge >= 0.3 is 0 Å². The van der Waals surface area contributed by atoms with Crippen LogP contribution in [0.3, 0.4) is 0 Å². The van der Waals surface area contributed by atoms with Crippen LogP contribution in [0.2, 0.25) is 10.0 Å². The Morgan fingerprint density at radius 2 is 1.92 bits per heavy atom. The van der Waals surface area contributed by atoms with Gasteiger partial charge in [0.15, 0.2) is 5.16 Å². The Morgan fingerprint density at radius 1 is 1.23 bits per heavy atom. The molecule has 7 nitrogen and oxygen atoms in total. The smallest absolute Gasteiger partial charge is 0.234 e. The van der Waals surface area contributed by atoms with Crippen LogP contribution >= 0.6 is 35.0 Å². The summed E-state index contributed by atoms with van der Waals surface area (Å²) in [5, 5.41) is 13.0. The lowest BCUT2D eigenvalue weighted by Crippen LogP contribution is -2.38. The first-order chi connectivity index (χ1) is 12.6. The summed E-state index contributed by atoms with van der Waals surface area (Å²) < 4.78 is 7.39. The molecule has 1 saturated heterocycles. The maximum atomic E-state index is 12.2. The van der Waals surface area contributed by atoms with Crippen molar-refractivity contribution < 1.29 is 9.53 Å². The van der Waals surface area contributed by atoms with E-state index < -0.39 is 0 Å². The summed E-state index contributed by atoms with van der Waals surface area (Å²) in [6, 6.07) is 4.92. The van der Waals surface area contributed by atoms with Crippen molar-refractivity contribution in [1.29, 1.82) is 0 Å². The number of morpholine rings is 1. The zero-order valence-corrected chi connectivity index (χ0v) is 16.6. The molecule has 2 aromatic rings. The first-order valence-corrected chi connectivity index (χ1v) is 9.95. The van der Waals surface area contributed by atoms with E-state index in [1.54, 1.807) is 18.2 Å². The predicted octanol–water partition coefficient (Wildman–Crippen LogP) is 3.17. The van der Waals surface area contributed by atoms with Crippen LogP contribution in [0, 0.1) is 0 Å². The molecule has 0 aliphatic carbocycles. The number of nitrogens with one attached hydrogen (secondary N) is 1. The number of carbonyl (C=O) groups is 1. The van der Waals surface area contributed by atoms with Gasteiger partial charge in [-0.25, -0.2) is 0 Å². The number of thioether (sulfide) groups is 1. The first-order valence-electron chi connectivity index (χ1n) is 8.21. The molecule has 1 N–H and O–H groups in total. The molecule has 0 radical (unpaired) electrons. The van der Waals surface area contributed by atoms with E-state index in [0.717, 1.165) is 25.6 Å². The van der Waals surface area contributed by atoms with Gasteiger partial charge in [-0.05, 0) is 25.1 Å². The third-order valence-electron chi connectivity index (χ3n) is 3.79. The topological polar surface area (TPSA) is 72.3 Å². The molecule has 26 heavy (non-hydrogen) atoms. The number of aromatic nitrogens is 3. The average molecular weight is 416 g/mol. The zero-order valence-electron chi connectivity index (χ0n) is 14.2. The lowest BCUT2D eigenvalue weighted by atomic mass is 10.3. The highest BCUT2D eigenvalue weighted by molar-refractivity contribution is 7.99. The van der Waals surface area contributed by atoms with Crippen molar-refractivity contribution in [2.75, 3.05) is 42.3 Å². The molecule has 1 fully saturated rings. The molecule has 1 aromatic carbocycles. The van der Waals surface area contributed by atoms with Gasteiger partial charge in [0.1, 0.15) is 0 Å². The SMILES string of the molecule is CCn1c(SCC(=O)Nc2cc(Cl)cc(Cl)c2)nnc1N1CCOCC1. The second-order valence-electron chi connectivity index (χ2n) is 5.62. The van der Waals surface area contributed by atoms with Crippen LogP contribution in [-0.2, 0) is 16.1 Å². The van der Waals surface area contributed by atoms with E-state index in [2.05, 4.69) is 20.4 Å². The van der Waals surface area contributed by atoms with Crippen molar-refractivity contribution in [2.24, 2.45) is 0 Å². The van der Waals surface area contributed by atoms with E-state index in [0.29, 0.717) is 34.1 Å². The van der Waals surface area contributed by atoms with Crippen molar-refractivity contribution in [3.05, 3.63) is 28.2 Å². The van der Waals surface area contributed by atoms with Crippen LogP contribution in [-0.4, -0.2) is 52.7 Å². The molecule has 0 bridgehead atoms. The predicted molar refractivity (Wildman–Crippen MR) is 105 cm³/mol. The normalized spacial score (nSPS) is 14.5. The Labute approximate surface area is 166 Å². The lowest BCUT2D eigenvalue weighted by Gasteiger charge is -2.27. The lowest BCUT2D eigenvalue weighted by molar-refractivity contribution is -0.113. The van der Waals surface area contributed by atoms with Crippen LogP contribution < -0.4 is 10.2 Å². The third-order valence-corrected chi connectivity index (χ3v) is 5.19. The number of amides is 1. The number of hydrogen-bond acceptors (Lipinski definition) is 6. The molecule has 10 heteroatoms. The summed E-state index contributed by atoms with van der Waals surface area (Å²) in [6.45, 7) is 5.71. The number of hydrogen-bond donors (Lipinski definition) is 1. The number of halogens is 2. The molecule has 2 heterocycles. The number of carbonyl (C=O) groups excluding carboxylic acids is 1. The second kappa shape index (κ2) is 8.94. The van der Waals surface area contributed by atoms with Crippen LogP contribution in [0.1, 0.15) is 6.92 Å². The van der Waals surface area contributed by atoms with E-state index in [4.69, 9.17) is 27.9 Å². The van der Waals surface area contributed by atoms with Crippen molar-refractivity contribution in [3.8, 4) is 0 Å². The number of benzene rings is 1. The van der Waals surface area contributed by atoms with Crippen LogP contribution in [0.15, 0.2) is 23.4 Å². The molecular weight excluding hydrogens is 397 g/mol. The molecule has 0 saturated carbocycles. The Balaban J connectivity index is 1.62. The molecular formula is C16H19Cl2N5O2S. The summed E-state index contributed by atoms with van der Waals surface area (Å²) >= 11 is 13.2. The van der Waals surface area contributed by atoms with Crippen molar-refractivity contribution >= 4 is 52.5 Å². The first kappa shape index (κ1) is 19.3. The van der Waals surface area contributed by atoms with E-state index in [1.807, 2.05) is 11.5 Å². The average Bonchev–Trinajstić information content (AvgIpc) is 3.02. The summed E-state index contributed by atoms with van der Waals surface area (Å²) in [4.78, 5) is 14.4. The second-order valence-corrected chi connectivity index (χ2v) is 7.44. The van der Waals surface area contributed by atoms with Crippen LogP contribution in [0.25, 0.3) is 0 Å². The van der Waals surface area contributed by atoms with Crippen molar-refractivity contribution in [1.82, 2.24) is 14.8 Å². The van der Waals surface area contributed by atoms with E-state index in [9.17, 15) is 4.79 Å². The fourth-order valence-corrected chi connectivity index (χ4v) is 3.94. The van der Waals surface area contributed by atoms with Crippen molar-refractivity contribution in [3.63, 3.8) is 0 Å². The van der Waals surface area contributed by atoms with Crippen molar-refractivity contribution in [2.45, 2.75) is 18.6 Å². The summed E-state index contributed by atoms with van der Waals surface area (Å²) in [5.74, 6) is 0.873. The summed E-state index contributed by atoms with van der Waals surface area (Å²) in [5.41, 5.74) is 0.569. The standard InChI is InChI=1S/C16H19Cl2N5O2S/c1-2-23-15(22-3-5-25-6-4-22)20-21-16(23)26-10-14(24)19-13-8-11(17)7-12(18)9-13/h7-9H,2-6,10H2,1H3,(H,19,24). The molecule has 1 aliphatic heterocycles. The number of nitrogens with zero attached hydrogens (tertiary/aromatic N) is 4. The number of ether oxygens (including phenoxy) is 1. The highest BCUT2D eigenvalue weighted by Crippen LogP contribution is 2.24. The Bertz CT molecular complexity index is 760. The van der Waals surface area contributed by atoms with Gasteiger partial charge in [0, 0.05) is 35.4 Å². The summed E-state index contributed by atoms with van der Waals surface area (Å²) in [7, 11) is 0. The maximum absolute atomic E-state index is 12.2. The van der Waals surface area contributed by atoms with Gasteiger partial charge in [0.2, 0.25) is 11.9 Å². The molecule has 0 unspecified atom stereocenters. The van der Waals surface area contributed by atoms with Gasteiger partial charge in [0.05, 0.1) is 19.0 Å². The minimum atomic E-state index is -0.160. The van der Waals surface area contributed by atoms with Gasteiger partial charge in [-0.15, -0.1) is 10.2 Å². The molecule has 140 valence electrons. The fourth-order valence-electron chi connectivity index (χ4n) is 2.61. The van der Waals surface area contributed by atoms with Crippen LogP contribution in [0.4, 0.5) is 11.6 Å². The third kappa shape index (κ3) is 4.82. The summed E-state index contributed by atoms with van der Waals surface area (Å²) in [6.07, 6.45) is 0. The van der Waals surface area contributed by atoms with Gasteiger partial charge in [-0.2, -0.15) is 0 Å². The minimum absolute atomic E-state index is 0.160. The highest BCUT2D eigenvalue weighted by Gasteiger charge is 2.20. The number of anilines is 2. The molecule has 0 spiro atoms. The van der Waals surface area contributed by atoms with E-state index >= 15 is 0 Å². The molecule has 3 rings (SSSR count). The van der Waals surface area contributed by atoms with Crippen LogP contribution in [0.5, 0.6) is 0 Å². The largest absolute Gasteiger partial charge is 0.378 e. The van der Waals surface area contributed by atoms with Gasteiger partial charge in [-0.1, -0.05) is 35.0 Å². The Morgan fingerprint density at radius 3 is 2.58 bits per heavy atom. The molecule has 1 amide bonds. The highest BCUT2D eigenvalue weighted by atomic mass is 35.5. The van der Waals surface area contributed by atoms with Gasteiger partial charge in [0.25, 0.3) is 0 Å². The van der Waals surface area contributed by atoms with Gasteiger partial charge in [-0.3, -0.25) is 9.36 Å². The quantitative estimate of drug-likeness (QED) is 0.730. The monoisotopic (exact) mass is 415 g/mol. The zero-order chi connectivity index (χ0) is 18.5. The molecule has 1 aromatic heterocycles. The molecule has 1 aliphatic rings. The Kier molecular flexibility index (Phi) is 6.63. The Hall–Kier alpha value is -1.48. The van der Waals surface area contributed by atoms with Gasteiger partial charge < -0.3 is 15.0 Å². The fraction of sp³-hybridized carbons (Fsp3) is 0.438. The number of rotatable bonds is 6. The van der Waals surface area contributed by atoms with E-state index in [1.165, 1.54) is 11.8 Å². The van der Waals surface area contributed by atoms with E-state index in [-0.39, 0.29) is 11.7 Å². The molecule has 0 atom stereocenters. The maximum Gasteiger partial charge on any atom is 0.234 e.